The van der Waals surface area contributed by atoms with Gasteiger partial charge in [0.25, 0.3) is 0 Å². The van der Waals surface area contributed by atoms with Crippen molar-refractivity contribution < 1.29 is 5.11 Å². The number of hydrogen-bond donors (Lipinski definition) is 1. The van der Waals surface area contributed by atoms with Crippen molar-refractivity contribution in [2.75, 3.05) is 0 Å². The van der Waals surface area contributed by atoms with E-state index in [2.05, 4.69) is 23.8 Å². The number of hydrogen-bond acceptors (Lipinski definition) is 1. The number of aliphatic hydroxyl groups excluding tert-OH is 1. The molecule has 2 rings (SSSR count). The Morgan fingerprint density at radius 2 is 2.00 bits per heavy atom. The lowest BCUT2D eigenvalue weighted by Gasteiger charge is -2.07. The maximum atomic E-state index is 9.69. The van der Waals surface area contributed by atoms with Crippen molar-refractivity contribution in [2.24, 2.45) is 0 Å². The molecule has 2 aliphatic carbocycles. The minimum absolute atomic E-state index is 0.734. The summed E-state index contributed by atoms with van der Waals surface area (Å²) >= 11 is 0. The Morgan fingerprint density at radius 3 is 2.71 bits per heavy atom. The van der Waals surface area contributed by atoms with Gasteiger partial charge in [-0.25, -0.2) is 0 Å². The summed E-state index contributed by atoms with van der Waals surface area (Å²) in [7, 11) is 0. The molecular formula is C16H18O. The van der Waals surface area contributed by atoms with Crippen molar-refractivity contribution in [3.05, 3.63) is 22.8 Å². The molecule has 0 saturated heterocycles. The van der Waals surface area contributed by atoms with Crippen LogP contribution in [0.4, 0.5) is 0 Å². The van der Waals surface area contributed by atoms with Crippen molar-refractivity contribution in [3.8, 4) is 24.2 Å². The average molecular weight is 226 g/mol. The van der Waals surface area contributed by atoms with Crippen LogP contribution in [0.3, 0.4) is 0 Å². The van der Waals surface area contributed by atoms with Gasteiger partial charge in [0.2, 0.25) is 0 Å². The summed E-state index contributed by atoms with van der Waals surface area (Å²) in [6, 6.07) is 0. The monoisotopic (exact) mass is 226 g/mol. The van der Waals surface area contributed by atoms with Gasteiger partial charge in [0.05, 0.1) is 0 Å². The van der Waals surface area contributed by atoms with Crippen molar-refractivity contribution in [1.29, 1.82) is 0 Å². The molecule has 88 valence electrons. The molecule has 1 nitrogen and oxygen atoms in total. The zero-order chi connectivity index (χ0) is 12.1. The number of rotatable bonds is 1. The topological polar surface area (TPSA) is 20.2 Å². The molecule has 0 spiro atoms. The van der Waals surface area contributed by atoms with Gasteiger partial charge in [0, 0.05) is 5.57 Å². The number of allylic oxidation sites excluding steroid dienone is 3. The number of aliphatic hydroxyl groups is 1. The van der Waals surface area contributed by atoms with Gasteiger partial charge in [-0.1, -0.05) is 23.8 Å². The first-order chi connectivity index (χ1) is 8.31. The van der Waals surface area contributed by atoms with E-state index in [9.17, 15) is 5.11 Å². The van der Waals surface area contributed by atoms with Crippen molar-refractivity contribution in [1.82, 2.24) is 0 Å². The molecule has 0 fully saturated rings. The molecule has 0 heterocycles. The Balaban J connectivity index is 2.14. The van der Waals surface area contributed by atoms with Gasteiger partial charge in [0.1, 0.15) is 6.10 Å². The van der Waals surface area contributed by atoms with Crippen LogP contribution in [0.5, 0.6) is 0 Å². The third-order valence-electron chi connectivity index (χ3n) is 3.41. The van der Waals surface area contributed by atoms with Crippen molar-refractivity contribution >= 4 is 0 Å². The van der Waals surface area contributed by atoms with E-state index in [0.717, 1.165) is 43.3 Å². The lowest BCUT2D eigenvalue weighted by atomic mass is 9.99. The summed E-state index contributed by atoms with van der Waals surface area (Å²) in [6.45, 7) is 0. The molecular weight excluding hydrogens is 208 g/mol. The van der Waals surface area contributed by atoms with E-state index in [1.54, 1.807) is 0 Å². The van der Waals surface area contributed by atoms with Gasteiger partial charge < -0.3 is 5.11 Å². The van der Waals surface area contributed by atoms with E-state index in [-0.39, 0.29) is 0 Å². The minimum Gasteiger partial charge on any atom is -0.376 e. The number of terminal acetylenes is 1. The summed E-state index contributed by atoms with van der Waals surface area (Å²) in [4.78, 5) is 0. The summed E-state index contributed by atoms with van der Waals surface area (Å²) in [5.41, 5.74) is 3.29. The largest absolute Gasteiger partial charge is 0.376 e. The maximum Gasteiger partial charge on any atom is 0.137 e. The molecule has 0 aromatic heterocycles. The van der Waals surface area contributed by atoms with E-state index >= 15 is 0 Å². The van der Waals surface area contributed by atoms with Crippen LogP contribution in [0, 0.1) is 24.2 Å². The second-order valence-corrected chi connectivity index (χ2v) is 4.65. The van der Waals surface area contributed by atoms with Crippen LogP contribution in [0.1, 0.15) is 44.9 Å². The van der Waals surface area contributed by atoms with Crippen LogP contribution in [-0.4, -0.2) is 11.2 Å². The fourth-order valence-electron chi connectivity index (χ4n) is 2.42. The SMILES string of the molecule is C#CC(O)C1=C(C#CC2=CCCCC2)CCC1. The first-order valence-corrected chi connectivity index (χ1v) is 6.38. The van der Waals surface area contributed by atoms with Crippen LogP contribution in [-0.2, 0) is 0 Å². The predicted molar refractivity (Wildman–Crippen MR) is 70.0 cm³/mol. The quantitative estimate of drug-likeness (QED) is 0.681. The first kappa shape index (κ1) is 12.0. The Kier molecular flexibility index (Phi) is 4.08. The highest BCUT2D eigenvalue weighted by molar-refractivity contribution is 5.45. The molecule has 0 bridgehead atoms. The molecule has 0 saturated carbocycles. The fourth-order valence-corrected chi connectivity index (χ4v) is 2.42. The molecule has 1 atom stereocenters. The molecule has 2 aliphatic rings. The van der Waals surface area contributed by atoms with Gasteiger partial charge in [-0.2, -0.15) is 0 Å². The summed E-state index contributed by atoms with van der Waals surface area (Å²) in [5, 5.41) is 9.69. The normalized spacial score (nSPS) is 21.3. The maximum absolute atomic E-state index is 9.69. The van der Waals surface area contributed by atoms with Gasteiger partial charge >= 0.3 is 0 Å². The highest BCUT2D eigenvalue weighted by Crippen LogP contribution is 2.28. The van der Waals surface area contributed by atoms with Gasteiger partial charge in [0.15, 0.2) is 0 Å². The molecule has 1 heteroatoms. The average Bonchev–Trinajstić information content (AvgIpc) is 2.85. The van der Waals surface area contributed by atoms with Crippen LogP contribution in [0.15, 0.2) is 22.8 Å². The Morgan fingerprint density at radius 1 is 1.12 bits per heavy atom. The molecule has 1 unspecified atom stereocenters. The summed E-state index contributed by atoms with van der Waals surface area (Å²) in [6.07, 6.45) is 14.5. The smallest absolute Gasteiger partial charge is 0.137 e. The lowest BCUT2D eigenvalue weighted by Crippen LogP contribution is -2.06. The van der Waals surface area contributed by atoms with Crippen LogP contribution in [0.2, 0.25) is 0 Å². The van der Waals surface area contributed by atoms with Crippen molar-refractivity contribution in [2.45, 2.75) is 51.0 Å². The summed E-state index contributed by atoms with van der Waals surface area (Å²) in [5.74, 6) is 8.86. The second-order valence-electron chi connectivity index (χ2n) is 4.65. The minimum atomic E-state index is -0.734. The Hall–Kier alpha value is -1.44. The molecule has 1 N–H and O–H groups in total. The molecule has 0 aromatic rings. The van der Waals surface area contributed by atoms with Crippen LogP contribution in [0.25, 0.3) is 0 Å². The zero-order valence-corrected chi connectivity index (χ0v) is 10.1. The van der Waals surface area contributed by atoms with Gasteiger partial charge in [-0.15, -0.1) is 6.42 Å². The molecule has 17 heavy (non-hydrogen) atoms. The standard InChI is InChI=1S/C16H18O/c1-2-16(17)15-10-6-9-14(15)12-11-13-7-4-3-5-8-13/h1,7,16-17H,3-6,8-10H2. The fraction of sp³-hybridized carbons (Fsp3) is 0.500. The van der Waals surface area contributed by atoms with E-state index in [1.807, 2.05) is 0 Å². The van der Waals surface area contributed by atoms with Crippen LogP contribution >= 0.6 is 0 Å². The van der Waals surface area contributed by atoms with E-state index in [0.29, 0.717) is 0 Å². The lowest BCUT2D eigenvalue weighted by molar-refractivity contribution is 0.265. The predicted octanol–water partition coefficient (Wildman–Crippen LogP) is 2.96. The third-order valence-corrected chi connectivity index (χ3v) is 3.41. The highest BCUT2D eigenvalue weighted by Gasteiger charge is 2.18. The zero-order valence-electron chi connectivity index (χ0n) is 10.1. The van der Waals surface area contributed by atoms with Gasteiger partial charge in [-0.05, 0) is 56.1 Å². The molecule has 0 aromatic carbocycles. The molecule has 0 amide bonds. The van der Waals surface area contributed by atoms with E-state index in [1.165, 1.54) is 18.4 Å². The van der Waals surface area contributed by atoms with Gasteiger partial charge in [-0.3, -0.25) is 0 Å². The van der Waals surface area contributed by atoms with Crippen molar-refractivity contribution in [3.63, 3.8) is 0 Å². The highest BCUT2D eigenvalue weighted by atomic mass is 16.3. The third kappa shape index (κ3) is 3.02. The molecule has 0 radical (unpaired) electrons. The van der Waals surface area contributed by atoms with E-state index < -0.39 is 6.10 Å². The van der Waals surface area contributed by atoms with Crippen LogP contribution < -0.4 is 0 Å². The second kappa shape index (κ2) is 5.76. The summed E-state index contributed by atoms with van der Waals surface area (Å²) < 4.78 is 0. The van der Waals surface area contributed by atoms with E-state index in [4.69, 9.17) is 6.42 Å². The Bertz CT molecular complexity index is 448. The molecule has 0 aliphatic heterocycles. The first-order valence-electron chi connectivity index (χ1n) is 6.38. The Labute approximate surface area is 104 Å².